The van der Waals surface area contributed by atoms with Gasteiger partial charge in [0.2, 0.25) is 11.8 Å². The van der Waals surface area contributed by atoms with Crippen molar-refractivity contribution in [1.82, 2.24) is 20.5 Å². The maximum absolute atomic E-state index is 12.7. The van der Waals surface area contributed by atoms with Crippen molar-refractivity contribution in [2.45, 2.75) is 38.8 Å². The highest BCUT2D eigenvalue weighted by atomic mass is 16.2. The number of aromatic nitrogens is 1. The third-order valence-corrected chi connectivity index (χ3v) is 5.29. The smallest absolute Gasteiger partial charge is 0.223 e. The molecule has 2 aromatic rings. The molecule has 1 aromatic heterocycles. The van der Waals surface area contributed by atoms with Crippen molar-refractivity contribution < 1.29 is 9.59 Å². The van der Waals surface area contributed by atoms with Crippen LogP contribution in [0.25, 0.3) is 0 Å². The summed E-state index contributed by atoms with van der Waals surface area (Å²) in [4.78, 5) is 31.5. The van der Waals surface area contributed by atoms with E-state index < -0.39 is 0 Å². The fraction of sp³-hybridized carbons (Fsp3) is 0.435. The summed E-state index contributed by atoms with van der Waals surface area (Å²) in [7, 11) is 0. The molecule has 0 radical (unpaired) electrons. The Morgan fingerprint density at radius 3 is 2.72 bits per heavy atom. The first-order valence-electron chi connectivity index (χ1n) is 10.4. The minimum absolute atomic E-state index is 0.0429. The van der Waals surface area contributed by atoms with Crippen LogP contribution in [0.2, 0.25) is 0 Å². The van der Waals surface area contributed by atoms with Crippen LogP contribution in [-0.4, -0.2) is 41.3 Å². The van der Waals surface area contributed by atoms with Gasteiger partial charge in [0.1, 0.15) is 0 Å². The van der Waals surface area contributed by atoms with Crippen LogP contribution in [0.3, 0.4) is 0 Å². The topological polar surface area (TPSA) is 74.3 Å². The summed E-state index contributed by atoms with van der Waals surface area (Å²) in [5, 5.41) is 6.02. The average molecular weight is 395 g/mol. The van der Waals surface area contributed by atoms with Gasteiger partial charge in [-0.05, 0) is 43.5 Å². The minimum atomic E-state index is -0.0891. The number of benzene rings is 1. The molecule has 0 saturated carbocycles. The van der Waals surface area contributed by atoms with Crippen molar-refractivity contribution in [3.05, 3.63) is 66.0 Å². The van der Waals surface area contributed by atoms with Crippen molar-refractivity contribution in [2.24, 2.45) is 5.92 Å². The summed E-state index contributed by atoms with van der Waals surface area (Å²) in [6.07, 6.45) is 4.67. The van der Waals surface area contributed by atoms with Gasteiger partial charge in [0.25, 0.3) is 0 Å². The first kappa shape index (κ1) is 21.0. The van der Waals surface area contributed by atoms with E-state index in [1.54, 1.807) is 6.20 Å². The number of amides is 2. The van der Waals surface area contributed by atoms with Crippen LogP contribution < -0.4 is 10.6 Å². The van der Waals surface area contributed by atoms with Crippen molar-refractivity contribution in [2.75, 3.05) is 19.6 Å². The Morgan fingerprint density at radius 1 is 1.10 bits per heavy atom. The second-order valence-corrected chi connectivity index (χ2v) is 7.53. The lowest BCUT2D eigenvalue weighted by Crippen LogP contribution is -2.33. The number of pyridine rings is 1. The number of hydrogen-bond acceptors (Lipinski definition) is 4. The molecule has 29 heavy (non-hydrogen) atoms. The van der Waals surface area contributed by atoms with E-state index in [4.69, 9.17) is 0 Å². The van der Waals surface area contributed by atoms with Crippen LogP contribution in [0.1, 0.15) is 36.9 Å². The summed E-state index contributed by atoms with van der Waals surface area (Å²) >= 11 is 0. The summed E-state index contributed by atoms with van der Waals surface area (Å²) < 4.78 is 0. The van der Waals surface area contributed by atoms with Gasteiger partial charge in [-0.2, -0.15) is 0 Å². The van der Waals surface area contributed by atoms with Gasteiger partial charge in [0.05, 0.1) is 5.69 Å². The molecule has 1 fully saturated rings. The molecular formula is C23H30N4O2. The van der Waals surface area contributed by atoms with E-state index in [9.17, 15) is 9.59 Å². The molecule has 0 spiro atoms. The van der Waals surface area contributed by atoms with E-state index in [2.05, 4.69) is 20.5 Å². The van der Waals surface area contributed by atoms with Gasteiger partial charge in [0, 0.05) is 44.7 Å². The Balaban J connectivity index is 1.56. The Labute approximate surface area is 172 Å². The molecule has 0 bridgehead atoms. The van der Waals surface area contributed by atoms with Crippen LogP contribution in [0.5, 0.6) is 0 Å². The average Bonchev–Trinajstić information content (AvgIpc) is 2.79. The molecule has 6 heteroatoms. The highest BCUT2D eigenvalue weighted by Gasteiger charge is 2.20. The minimum Gasteiger partial charge on any atom is -0.356 e. The molecule has 154 valence electrons. The summed E-state index contributed by atoms with van der Waals surface area (Å²) in [6.45, 7) is 3.36. The van der Waals surface area contributed by atoms with E-state index in [0.29, 0.717) is 32.5 Å². The normalized spacial score (nSPS) is 19.0. The molecule has 1 aromatic carbocycles. The van der Waals surface area contributed by atoms with Crippen molar-refractivity contribution in [1.29, 1.82) is 0 Å². The molecule has 0 aliphatic carbocycles. The van der Waals surface area contributed by atoms with Crippen molar-refractivity contribution >= 4 is 11.8 Å². The predicted octanol–water partition coefficient (Wildman–Crippen LogP) is 2.51. The second kappa shape index (κ2) is 11.3. The van der Waals surface area contributed by atoms with Crippen LogP contribution in [0.4, 0.5) is 0 Å². The summed E-state index contributed by atoms with van der Waals surface area (Å²) in [6, 6.07) is 15.8. The van der Waals surface area contributed by atoms with E-state index in [0.717, 1.165) is 37.2 Å². The fourth-order valence-electron chi connectivity index (χ4n) is 3.62. The maximum atomic E-state index is 12.7. The van der Waals surface area contributed by atoms with Gasteiger partial charge >= 0.3 is 0 Å². The zero-order chi connectivity index (χ0) is 20.3. The SMILES string of the molecule is O=C1CCN(Cc2ccccn2)CCCC(C(=O)NCc2ccccc2)CCN1. The van der Waals surface area contributed by atoms with Gasteiger partial charge in [0.15, 0.2) is 0 Å². The molecule has 1 unspecified atom stereocenters. The van der Waals surface area contributed by atoms with Gasteiger partial charge in [-0.15, -0.1) is 0 Å². The Bertz CT molecular complexity index is 767. The number of nitrogens with zero attached hydrogens (tertiary/aromatic N) is 2. The van der Waals surface area contributed by atoms with E-state index in [-0.39, 0.29) is 17.7 Å². The van der Waals surface area contributed by atoms with E-state index in [1.165, 1.54) is 0 Å². The van der Waals surface area contributed by atoms with E-state index in [1.807, 2.05) is 48.5 Å². The molecule has 2 heterocycles. The number of carbonyl (C=O) groups is 2. The van der Waals surface area contributed by atoms with Crippen molar-refractivity contribution in [3.8, 4) is 0 Å². The van der Waals surface area contributed by atoms with Gasteiger partial charge in [-0.25, -0.2) is 0 Å². The lowest BCUT2D eigenvalue weighted by molar-refractivity contribution is -0.126. The van der Waals surface area contributed by atoms with Gasteiger partial charge < -0.3 is 10.6 Å². The first-order valence-corrected chi connectivity index (χ1v) is 10.4. The van der Waals surface area contributed by atoms with Gasteiger partial charge in [-0.3, -0.25) is 19.5 Å². The molecule has 6 nitrogen and oxygen atoms in total. The highest BCUT2D eigenvalue weighted by Crippen LogP contribution is 2.15. The maximum Gasteiger partial charge on any atom is 0.223 e. The molecule has 2 N–H and O–H groups in total. The zero-order valence-corrected chi connectivity index (χ0v) is 16.8. The summed E-state index contributed by atoms with van der Waals surface area (Å²) in [5.41, 5.74) is 2.09. The predicted molar refractivity (Wildman–Crippen MR) is 113 cm³/mol. The number of carbonyl (C=O) groups excluding carboxylic acids is 2. The Kier molecular flexibility index (Phi) is 8.19. The quantitative estimate of drug-likeness (QED) is 0.817. The molecular weight excluding hydrogens is 364 g/mol. The largest absolute Gasteiger partial charge is 0.356 e. The lowest BCUT2D eigenvalue weighted by atomic mass is 9.98. The van der Waals surface area contributed by atoms with Crippen LogP contribution in [0.15, 0.2) is 54.7 Å². The molecule has 1 saturated heterocycles. The van der Waals surface area contributed by atoms with E-state index >= 15 is 0 Å². The van der Waals surface area contributed by atoms with Crippen LogP contribution >= 0.6 is 0 Å². The lowest BCUT2D eigenvalue weighted by Gasteiger charge is -2.22. The van der Waals surface area contributed by atoms with Crippen LogP contribution in [0, 0.1) is 5.92 Å². The number of hydrogen-bond donors (Lipinski definition) is 2. The fourth-order valence-corrected chi connectivity index (χ4v) is 3.62. The molecule has 3 rings (SSSR count). The molecule has 2 amide bonds. The Hall–Kier alpha value is -2.73. The zero-order valence-electron chi connectivity index (χ0n) is 16.8. The standard InChI is InChI=1S/C23H30N4O2/c28-22-12-16-27(18-21-10-4-5-13-24-21)15-6-9-20(11-14-25-22)23(29)26-17-19-7-2-1-3-8-19/h1-5,7-8,10,13,20H,6,9,11-12,14-18H2,(H,25,28)(H,26,29). The molecule has 1 atom stereocenters. The number of nitrogens with one attached hydrogen (secondary N) is 2. The second-order valence-electron chi connectivity index (χ2n) is 7.53. The Morgan fingerprint density at radius 2 is 1.93 bits per heavy atom. The third kappa shape index (κ3) is 7.31. The van der Waals surface area contributed by atoms with Gasteiger partial charge in [-0.1, -0.05) is 36.4 Å². The van der Waals surface area contributed by atoms with Crippen LogP contribution in [-0.2, 0) is 22.7 Å². The molecule has 1 aliphatic heterocycles. The monoisotopic (exact) mass is 394 g/mol. The van der Waals surface area contributed by atoms with Crippen molar-refractivity contribution in [3.63, 3.8) is 0 Å². The number of rotatable bonds is 5. The first-order chi connectivity index (χ1) is 14.2. The third-order valence-electron chi connectivity index (χ3n) is 5.29. The highest BCUT2D eigenvalue weighted by molar-refractivity contribution is 5.79. The molecule has 1 aliphatic rings. The summed E-state index contributed by atoms with van der Waals surface area (Å²) in [5.74, 6) is 0.0220.